The quantitative estimate of drug-likeness (QED) is 0.338. The summed E-state index contributed by atoms with van der Waals surface area (Å²) >= 11 is 0. The summed E-state index contributed by atoms with van der Waals surface area (Å²) in [5.41, 5.74) is 3.44. The SMILES string of the molecule is COC(=O)c1ccc(COCC(c2ccc(F)cc2)n2ccnc2)cc1-c1ccc(F)cc1. The summed E-state index contributed by atoms with van der Waals surface area (Å²) in [6.07, 6.45) is 5.20. The largest absolute Gasteiger partial charge is 0.465 e. The zero-order valence-corrected chi connectivity index (χ0v) is 17.9. The Balaban J connectivity index is 1.54. The van der Waals surface area contributed by atoms with E-state index in [0.29, 0.717) is 23.3 Å². The zero-order valence-electron chi connectivity index (χ0n) is 17.9. The van der Waals surface area contributed by atoms with Crippen molar-refractivity contribution in [2.45, 2.75) is 12.6 Å². The fraction of sp³-hybridized carbons (Fsp3) is 0.154. The van der Waals surface area contributed by atoms with Gasteiger partial charge in [-0.3, -0.25) is 0 Å². The lowest BCUT2D eigenvalue weighted by atomic mass is 9.97. The molecular weight excluding hydrogens is 426 g/mol. The van der Waals surface area contributed by atoms with Crippen molar-refractivity contribution in [3.05, 3.63) is 114 Å². The number of hydrogen-bond donors (Lipinski definition) is 0. The Morgan fingerprint density at radius 3 is 2.33 bits per heavy atom. The van der Waals surface area contributed by atoms with Gasteiger partial charge in [0.15, 0.2) is 0 Å². The molecule has 3 aromatic carbocycles. The average molecular weight is 448 g/mol. The summed E-state index contributed by atoms with van der Waals surface area (Å²) in [4.78, 5) is 16.3. The smallest absolute Gasteiger partial charge is 0.338 e. The molecule has 1 heterocycles. The van der Waals surface area contributed by atoms with Gasteiger partial charge in [-0.1, -0.05) is 30.3 Å². The molecule has 168 valence electrons. The number of aromatic nitrogens is 2. The minimum absolute atomic E-state index is 0.181. The van der Waals surface area contributed by atoms with Crippen LogP contribution in [0.15, 0.2) is 85.5 Å². The fourth-order valence-corrected chi connectivity index (χ4v) is 3.62. The van der Waals surface area contributed by atoms with Crippen molar-refractivity contribution >= 4 is 5.97 Å². The molecule has 0 aliphatic carbocycles. The molecule has 33 heavy (non-hydrogen) atoms. The number of imidazole rings is 1. The molecule has 0 radical (unpaired) electrons. The molecule has 7 heteroatoms. The van der Waals surface area contributed by atoms with Crippen molar-refractivity contribution in [2.24, 2.45) is 0 Å². The first-order valence-electron chi connectivity index (χ1n) is 10.3. The second-order valence-corrected chi connectivity index (χ2v) is 7.47. The molecule has 0 N–H and O–H groups in total. The van der Waals surface area contributed by atoms with Gasteiger partial charge >= 0.3 is 5.97 Å². The number of carbonyl (C=O) groups is 1. The van der Waals surface area contributed by atoms with Gasteiger partial charge in [0.1, 0.15) is 11.6 Å². The molecule has 0 bridgehead atoms. The van der Waals surface area contributed by atoms with Gasteiger partial charge in [-0.2, -0.15) is 0 Å². The molecule has 1 atom stereocenters. The standard InChI is InChI=1S/C26H22F2N2O3/c1-32-26(31)23-11-2-18(14-24(23)19-3-7-21(27)8-4-19)15-33-16-25(30-13-12-29-17-30)20-5-9-22(28)10-6-20/h2-14,17,25H,15-16H2,1H3. The molecule has 4 rings (SSSR count). The van der Waals surface area contributed by atoms with Crippen LogP contribution < -0.4 is 0 Å². The van der Waals surface area contributed by atoms with Gasteiger partial charge in [0.05, 0.1) is 38.3 Å². The molecule has 0 saturated carbocycles. The predicted octanol–water partition coefficient (Wildman–Crippen LogP) is 5.42. The highest BCUT2D eigenvalue weighted by Crippen LogP contribution is 2.27. The second kappa shape index (κ2) is 10.2. The van der Waals surface area contributed by atoms with Crippen molar-refractivity contribution in [3.63, 3.8) is 0 Å². The maximum Gasteiger partial charge on any atom is 0.338 e. The summed E-state index contributed by atoms with van der Waals surface area (Å²) in [5.74, 6) is -1.13. The Hall–Kier alpha value is -3.84. The van der Waals surface area contributed by atoms with Crippen LogP contribution in [0.25, 0.3) is 11.1 Å². The molecule has 0 spiro atoms. The van der Waals surface area contributed by atoms with E-state index in [9.17, 15) is 13.6 Å². The zero-order chi connectivity index (χ0) is 23.2. The first-order chi connectivity index (χ1) is 16.0. The van der Waals surface area contributed by atoms with Crippen molar-refractivity contribution in [3.8, 4) is 11.1 Å². The summed E-state index contributed by atoms with van der Waals surface area (Å²) < 4.78 is 39.6. The van der Waals surface area contributed by atoms with Gasteiger partial charge in [-0.15, -0.1) is 0 Å². The Bertz CT molecular complexity index is 1210. The Kier molecular flexibility index (Phi) is 6.90. The highest BCUT2D eigenvalue weighted by atomic mass is 19.1. The van der Waals surface area contributed by atoms with E-state index in [-0.39, 0.29) is 24.3 Å². The molecule has 0 saturated heterocycles. The van der Waals surface area contributed by atoms with E-state index < -0.39 is 5.97 Å². The third-order valence-electron chi connectivity index (χ3n) is 5.33. The van der Waals surface area contributed by atoms with Gasteiger partial charge in [0.2, 0.25) is 0 Å². The van der Waals surface area contributed by atoms with Crippen molar-refractivity contribution < 1.29 is 23.0 Å². The van der Waals surface area contributed by atoms with Crippen LogP contribution in [0.5, 0.6) is 0 Å². The first kappa shape index (κ1) is 22.4. The van der Waals surface area contributed by atoms with E-state index in [2.05, 4.69) is 4.98 Å². The number of esters is 1. The highest BCUT2D eigenvalue weighted by Gasteiger charge is 2.16. The predicted molar refractivity (Wildman–Crippen MR) is 120 cm³/mol. The van der Waals surface area contributed by atoms with Gasteiger partial charge in [-0.05, 0) is 58.7 Å². The molecular formula is C26H22F2N2O3. The van der Waals surface area contributed by atoms with Gasteiger partial charge < -0.3 is 14.0 Å². The van der Waals surface area contributed by atoms with Gasteiger partial charge in [-0.25, -0.2) is 18.6 Å². The van der Waals surface area contributed by atoms with Crippen LogP contribution in [-0.2, 0) is 16.1 Å². The normalized spacial score (nSPS) is 11.8. The fourth-order valence-electron chi connectivity index (χ4n) is 3.62. The minimum atomic E-state index is -0.474. The number of methoxy groups -OCH3 is 1. The van der Waals surface area contributed by atoms with Crippen LogP contribution in [-0.4, -0.2) is 29.2 Å². The lowest BCUT2D eigenvalue weighted by Gasteiger charge is -2.19. The van der Waals surface area contributed by atoms with Crippen LogP contribution in [0.4, 0.5) is 8.78 Å². The van der Waals surface area contributed by atoms with Gasteiger partial charge in [0, 0.05) is 12.4 Å². The number of carbonyl (C=O) groups excluding carboxylic acids is 1. The molecule has 0 amide bonds. The summed E-state index contributed by atoms with van der Waals surface area (Å²) in [6, 6.07) is 17.3. The maximum absolute atomic E-state index is 13.4. The van der Waals surface area contributed by atoms with Crippen molar-refractivity contribution in [1.82, 2.24) is 9.55 Å². The van der Waals surface area contributed by atoms with E-state index in [1.807, 2.05) is 16.8 Å². The Morgan fingerprint density at radius 1 is 1.00 bits per heavy atom. The summed E-state index contributed by atoms with van der Waals surface area (Å²) in [7, 11) is 1.32. The number of nitrogens with zero attached hydrogens (tertiary/aromatic N) is 2. The van der Waals surface area contributed by atoms with E-state index in [1.54, 1.807) is 48.9 Å². The lowest BCUT2D eigenvalue weighted by Crippen LogP contribution is -2.16. The summed E-state index contributed by atoms with van der Waals surface area (Å²) in [6.45, 7) is 0.606. The van der Waals surface area contributed by atoms with Crippen LogP contribution in [0.1, 0.15) is 27.5 Å². The number of benzene rings is 3. The third-order valence-corrected chi connectivity index (χ3v) is 5.33. The number of rotatable bonds is 8. The lowest BCUT2D eigenvalue weighted by molar-refractivity contribution is 0.0601. The maximum atomic E-state index is 13.4. The van der Waals surface area contributed by atoms with Crippen LogP contribution >= 0.6 is 0 Å². The van der Waals surface area contributed by atoms with Crippen LogP contribution in [0.3, 0.4) is 0 Å². The van der Waals surface area contributed by atoms with Crippen molar-refractivity contribution in [1.29, 1.82) is 0 Å². The number of halogens is 2. The second-order valence-electron chi connectivity index (χ2n) is 7.47. The van der Waals surface area contributed by atoms with E-state index in [1.165, 1.54) is 31.4 Å². The minimum Gasteiger partial charge on any atom is -0.465 e. The molecule has 0 aliphatic heterocycles. The Morgan fingerprint density at radius 2 is 1.70 bits per heavy atom. The van der Waals surface area contributed by atoms with E-state index in [0.717, 1.165) is 11.1 Å². The molecule has 1 unspecified atom stereocenters. The van der Waals surface area contributed by atoms with Crippen LogP contribution in [0.2, 0.25) is 0 Å². The molecule has 5 nitrogen and oxygen atoms in total. The first-order valence-corrected chi connectivity index (χ1v) is 10.3. The average Bonchev–Trinajstić information content (AvgIpc) is 3.37. The number of hydrogen-bond acceptors (Lipinski definition) is 4. The molecule has 0 fully saturated rings. The summed E-state index contributed by atoms with van der Waals surface area (Å²) in [5, 5.41) is 0. The number of ether oxygens (including phenoxy) is 2. The van der Waals surface area contributed by atoms with E-state index >= 15 is 0 Å². The highest BCUT2D eigenvalue weighted by molar-refractivity contribution is 5.97. The third kappa shape index (κ3) is 5.32. The molecule has 0 aliphatic rings. The molecule has 4 aromatic rings. The van der Waals surface area contributed by atoms with Crippen molar-refractivity contribution in [2.75, 3.05) is 13.7 Å². The Labute approximate surface area is 190 Å². The topological polar surface area (TPSA) is 53.4 Å². The van der Waals surface area contributed by atoms with E-state index in [4.69, 9.17) is 9.47 Å². The molecule has 1 aromatic heterocycles. The monoisotopic (exact) mass is 448 g/mol. The van der Waals surface area contributed by atoms with Crippen LogP contribution in [0, 0.1) is 11.6 Å². The van der Waals surface area contributed by atoms with Gasteiger partial charge in [0.25, 0.3) is 0 Å².